The number of hydrogen-bond donors (Lipinski definition) is 1. The van der Waals surface area contributed by atoms with Crippen LogP contribution in [0.25, 0.3) is 0 Å². The number of rotatable bonds is 2. The third kappa shape index (κ3) is 1.57. The van der Waals surface area contributed by atoms with Crippen LogP contribution in [0.3, 0.4) is 0 Å². The molecule has 1 fully saturated rings. The number of hydrogen-bond acceptors (Lipinski definition) is 2. The molecule has 0 aromatic carbocycles. The molecule has 0 aliphatic carbocycles. The van der Waals surface area contributed by atoms with E-state index in [4.69, 9.17) is 0 Å². The zero-order valence-corrected chi connectivity index (χ0v) is 7.46. The van der Waals surface area contributed by atoms with Gasteiger partial charge in [-0.15, -0.1) is 0 Å². The van der Waals surface area contributed by atoms with E-state index in [0.717, 1.165) is 6.42 Å². The molecule has 0 aromatic rings. The zero-order valence-electron chi connectivity index (χ0n) is 7.46. The van der Waals surface area contributed by atoms with Gasteiger partial charge in [-0.05, 0) is 13.3 Å². The molecular weight excluding hydrogens is 156 g/mol. The first-order valence-corrected chi connectivity index (χ1v) is 4.18. The van der Waals surface area contributed by atoms with Gasteiger partial charge in [0.05, 0.1) is 0 Å². The van der Waals surface area contributed by atoms with Crippen LogP contribution in [-0.4, -0.2) is 36.3 Å². The van der Waals surface area contributed by atoms with Gasteiger partial charge in [0.1, 0.15) is 6.04 Å². The highest BCUT2D eigenvalue weighted by Gasteiger charge is 2.28. The summed E-state index contributed by atoms with van der Waals surface area (Å²) in [4.78, 5) is 23.9. The molecule has 1 N–H and O–H groups in total. The Morgan fingerprint density at radius 2 is 2.33 bits per heavy atom. The highest BCUT2D eigenvalue weighted by molar-refractivity contribution is 5.88. The Bertz CT molecular complexity index is 203. The Hall–Kier alpha value is -1.06. The minimum absolute atomic E-state index is 0.0890. The number of carbonyl (C=O) groups excluding carboxylic acids is 2. The Kier molecular flexibility index (Phi) is 2.68. The number of likely N-dealkylation sites (tertiary alicyclic amines) is 1. The van der Waals surface area contributed by atoms with Crippen LogP contribution < -0.4 is 5.32 Å². The molecule has 4 nitrogen and oxygen atoms in total. The first-order valence-electron chi connectivity index (χ1n) is 4.18. The van der Waals surface area contributed by atoms with E-state index in [1.807, 2.05) is 0 Å². The number of nitrogens with zero attached hydrogens (tertiary/aromatic N) is 1. The van der Waals surface area contributed by atoms with Crippen molar-refractivity contribution < 1.29 is 9.59 Å². The van der Waals surface area contributed by atoms with E-state index in [9.17, 15) is 9.59 Å². The van der Waals surface area contributed by atoms with Gasteiger partial charge in [-0.3, -0.25) is 9.59 Å². The third-order valence-electron chi connectivity index (χ3n) is 2.20. The molecule has 1 atom stereocenters. The SMILES string of the molecule is CNC(=O)C(C)N1CCCC1=O. The lowest BCUT2D eigenvalue weighted by atomic mass is 10.3. The molecule has 0 radical (unpaired) electrons. The van der Waals surface area contributed by atoms with Gasteiger partial charge in [-0.25, -0.2) is 0 Å². The standard InChI is InChI=1S/C8H14N2O2/c1-6(8(12)9-2)10-5-3-4-7(10)11/h6H,3-5H2,1-2H3,(H,9,12). The molecule has 68 valence electrons. The predicted molar refractivity (Wildman–Crippen MR) is 44.5 cm³/mol. The van der Waals surface area contributed by atoms with Crippen LogP contribution in [0.5, 0.6) is 0 Å². The molecule has 1 aliphatic rings. The molecule has 0 bridgehead atoms. The Labute approximate surface area is 71.9 Å². The largest absolute Gasteiger partial charge is 0.357 e. The smallest absolute Gasteiger partial charge is 0.242 e. The van der Waals surface area contributed by atoms with E-state index in [-0.39, 0.29) is 17.9 Å². The average Bonchev–Trinajstić information content (AvgIpc) is 2.48. The number of amides is 2. The molecule has 1 saturated heterocycles. The van der Waals surface area contributed by atoms with Crippen LogP contribution >= 0.6 is 0 Å². The second-order valence-corrected chi connectivity index (χ2v) is 2.98. The topological polar surface area (TPSA) is 49.4 Å². The molecule has 1 aliphatic heterocycles. The van der Waals surface area contributed by atoms with Crippen molar-refractivity contribution in [1.82, 2.24) is 10.2 Å². The summed E-state index contributed by atoms with van der Waals surface area (Å²) >= 11 is 0. The monoisotopic (exact) mass is 170 g/mol. The van der Waals surface area contributed by atoms with Crippen molar-refractivity contribution >= 4 is 11.8 Å². The quantitative estimate of drug-likeness (QED) is 0.621. The fourth-order valence-corrected chi connectivity index (χ4v) is 1.43. The number of nitrogens with one attached hydrogen (secondary N) is 1. The Morgan fingerprint density at radius 3 is 2.75 bits per heavy atom. The maximum atomic E-state index is 11.2. The molecule has 1 rings (SSSR count). The van der Waals surface area contributed by atoms with Gasteiger partial charge in [0.2, 0.25) is 11.8 Å². The first kappa shape index (κ1) is 9.03. The van der Waals surface area contributed by atoms with E-state index in [1.54, 1.807) is 18.9 Å². The molecule has 0 spiro atoms. The lowest BCUT2D eigenvalue weighted by Crippen LogP contribution is -2.44. The summed E-state index contributed by atoms with van der Waals surface area (Å²) in [6.45, 7) is 2.47. The number of carbonyl (C=O) groups is 2. The molecule has 1 heterocycles. The van der Waals surface area contributed by atoms with Crippen LogP contribution in [-0.2, 0) is 9.59 Å². The Morgan fingerprint density at radius 1 is 1.67 bits per heavy atom. The molecule has 12 heavy (non-hydrogen) atoms. The van der Waals surface area contributed by atoms with Gasteiger partial charge in [0.15, 0.2) is 0 Å². The summed E-state index contributed by atoms with van der Waals surface area (Å²) in [6.07, 6.45) is 1.46. The van der Waals surface area contributed by atoms with Gasteiger partial charge in [-0.2, -0.15) is 0 Å². The van der Waals surface area contributed by atoms with E-state index < -0.39 is 0 Å². The summed E-state index contributed by atoms with van der Waals surface area (Å²) in [5.74, 6) is -0.00338. The van der Waals surface area contributed by atoms with Crippen molar-refractivity contribution in [2.75, 3.05) is 13.6 Å². The first-order chi connectivity index (χ1) is 5.66. The summed E-state index contributed by atoms with van der Waals surface area (Å²) < 4.78 is 0. The van der Waals surface area contributed by atoms with Crippen molar-refractivity contribution in [3.8, 4) is 0 Å². The van der Waals surface area contributed by atoms with Gasteiger partial charge in [0, 0.05) is 20.0 Å². The molecule has 2 amide bonds. The Balaban J connectivity index is 2.57. The second kappa shape index (κ2) is 3.56. The second-order valence-electron chi connectivity index (χ2n) is 2.98. The zero-order chi connectivity index (χ0) is 9.14. The van der Waals surface area contributed by atoms with Crippen LogP contribution in [0, 0.1) is 0 Å². The summed E-state index contributed by atoms with van der Waals surface area (Å²) in [6, 6.07) is -0.315. The predicted octanol–water partition coefficient (Wildman–Crippen LogP) is -0.257. The normalized spacial score (nSPS) is 19.5. The summed E-state index contributed by atoms with van der Waals surface area (Å²) in [7, 11) is 1.58. The summed E-state index contributed by atoms with van der Waals surface area (Å²) in [5.41, 5.74) is 0. The van der Waals surface area contributed by atoms with Crippen LogP contribution in [0.1, 0.15) is 19.8 Å². The van der Waals surface area contributed by atoms with Crippen LogP contribution in [0.4, 0.5) is 0 Å². The van der Waals surface area contributed by atoms with Gasteiger partial charge < -0.3 is 10.2 Å². The third-order valence-corrected chi connectivity index (χ3v) is 2.20. The van der Waals surface area contributed by atoms with Gasteiger partial charge in [-0.1, -0.05) is 0 Å². The molecule has 4 heteroatoms. The highest BCUT2D eigenvalue weighted by Crippen LogP contribution is 2.12. The van der Waals surface area contributed by atoms with E-state index in [0.29, 0.717) is 13.0 Å². The van der Waals surface area contributed by atoms with Crippen LogP contribution in [0.15, 0.2) is 0 Å². The van der Waals surface area contributed by atoms with E-state index in [1.165, 1.54) is 0 Å². The molecular formula is C8H14N2O2. The van der Waals surface area contributed by atoms with Crippen molar-refractivity contribution in [3.63, 3.8) is 0 Å². The van der Waals surface area contributed by atoms with Crippen molar-refractivity contribution in [2.45, 2.75) is 25.8 Å². The minimum atomic E-state index is -0.315. The average molecular weight is 170 g/mol. The minimum Gasteiger partial charge on any atom is -0.357 e. The van der Waals surface area contributed by atoms with Crippen molar-refractivity contribution in [2.24, 2.45) is 0 Å². The lowest BCUT2D eigenvalue weighted by molar-refractivity contribution is -0.136. The fourth-order valence-electron chi connectivity index (χ4n) is 1.43. The lowest BCUT2D eigenvalue weighted by Gasteiger charge is -2.22. The van der Waals surface area contributed by atoms with Crippen molar-refractivity contribution in [3.05, 3.63) is 0 Å². The molecule has 1 unspecified atom stereocenters. The molecule has 0 aromatic heterocycles. The maximum Gasteiger partial charge on any atom is 0.242 e. The highest BCUT2D eigenvalue weighted by atomic mass is 16.2. The summed E-state index contributed by atoms with van der Waals surface area (Å²) in [5, 5.41) is 2.53. The van der Waals surface area contributed by atoms with Crippen LogP contribution in [0.2, 0.25) is 0 Å². The van der Waals surface area contributed by atoms with Gasteiger partial charge >= 0.3 is 0 Å². The van der Waals surface area contributed by atoms with Gasteiger partial charge in [0.25, 0.3) is 0 Å². The maximum absolute atomic E-state index is 11.2. The number of likely N-dealkylation sites (N-methyl/N-ethyl adjacent to an activating group) is 1. The van der Waals surface area contributed by atoms with E-state index in [2.05, 4.69) is 5.32 Å². The fraction of sp³-hybridized carbons (Fsp3) is 0.750. The molecule has 0 saturated carbocycles. The van der Waals surface area contributed by atoms with Crippen molar-refractivity contribution in [1.29, 1.82) is 0 Å². The van der Waals surface area contributed by atoms with E-state index >= 15 is 0 Å².